The summed E-state index contributed by atoms with van der Waals surface area (Å²) >= 11 is 6.14. The Balaban J connectivity index is 2.18. The molecule has 0 aliphatic carbocycles. The summed E-state index contributed by atoms with van der Waals surface area (Å²) in [5, 5.41) is 4.47. The van der Waals surface area contributed by atoms with Crippen molar-refractivity contribution in [2.24, 2.45) is 0 Å². The van der Waals surface area contributed by atoms with Gasteiger partial charge < -0.3 is 19.4 Å². The maximum absolute atomic E-state index is 15.8. The van der Waals surface area contributed by atoms with Gasteiger partial charge in [-0.25, -0.2) is 9.18 Å². The van der Waals surface area contributed by atoms with Crippen LogP contribution in [-0.2, 0) is 20.8 Å². The molecule has 0 saturated heterocycles. The molecule has 1 aliphatic rings. The molecule has 0 fully saturated rings. The predicted octanol–water partition coefficient (Wildman–Crippen LogP) is 6.17. The monoisotopic (exact) mass is 458 g/mol. The molecule has 0 amide bonds. The summed E-state index contributed by atoms with van der Waals surface area (Å²) in [7, 11) is 1.33. The molecule has 2 aromatic carbocycles. The molecule has 3 aromatic rings. The Kier molecular flexibility index (Phi) is 5.72. The molecule has 1 aliphatic heterocycles. The van der Waals surface area contributed by atoms with Gasteiger partial charge in [0.05, 0.1) is 29.6 Å². The Morgan fingerprint density at radius 2 is 1.88 bits per heavy atom. The average Bonchev–Trinajstić information content (AvgIpc) is 3.00. The summed E-state index contributed by atoms with van der Waals surface area (Å²) in [6, 6.07) is 7.21. The van der Waals surface area contributed by atoms with Crippen molar-refractivity contribution in [3.63, 3.8) is 0 Å². The maximum atomic E-state index is 15.8. The Morgan fingerprint density at radius 3 is 2.47 bits per heavy atom. The number of rotatable bonds is 4. The van der Waals surface area contributed by atoms with Crippen molar-refractivity contribution in [3.05, 3.63) is 51.9 Å². The number of methoxy groups -OCH3 is 1. The number of carbonyl (C=O) groups is 1. The van der Waals surface area contributed by atoms with Gasteiger partial charge in [0.15, 0.2) is 11.9 Å². The zero-order valence-electron chi connectivity index (χ0n) is 19.2. The van der Waals surface area contributed by atoms with Crippen LogP contribution in [-0.4, -0.2) is 29.8 Å². The second-order valence-electron chi connectivity index (χ2n) is 9.13. The van der Waals surface area contributed by atoms with Gasteiger partial charge >= 0.3 is 5.97 Å². The molecular weight excluding hydrogens is 431 g/mol. The lowest BCUT2D eigenvalue weighted by Crippen LogP contribution is -2.29. The van der Waals surface area contributed by atoms with Crippen LogP contribution in [0.3, 0.4) is 0 Å². The smallest absolute Gasteiger partial charge is 0.339 e. The number of aromatic nitrogens is 1. The van der Waals surface area contributed by atoms with Gasteiger partial charge in [-0.15, -0.1) is 0 Å². The van der Waals surface area contributed by atoms with Crippen LogP contribution in [0, 0.1) is 19.7 Å². The lowest BCUT2D eigenvalue weighted by atomic mass is 9.87. The summed E-state index contributed by atoms with van der Waals surface area (Å²) in [6.07, 6.45) is -1.03. The van der Waals surface area contributed by atoms with Crippen molar-refractivity contribution < 1.29 is 18.7 Å². The molecule has 2 heterocycles. The van der Waals surface area contributed by atoms with Crippen LogP contribution in [0.15, 0.2) is 24.3 Å². The number of benzene rings is 2. The second kappa shape index (κ2) is 8.09. The van der Waals surface area contributed by atoms with E-state index in [0.717, 1.165) is 22.3 Å². The van der Waals surface area contributed by atoms with Crippen LogP contribution >= 0.6 is 11.6 Å². The van der Waals surface area contributed by atoms with Crippen LogP contribution in [0.5, 0.6) is 0 Å². The number of hydrogen-bond acceptors (Lipinski definition) is 4. The minimum Gasteiger partial charge on any atom is -0.467 e. The van der Waals surface area contributed by atoms with Gasteiger partial charge in [0.1, 0.15) is 0 Å². The number of anilines is 1. The van der Waals surface area contributed by atoms with E-state index in [-0.39, 0.29) is 5.82 Å². The molecule has 1 atom stereocenters. The van der Waals surface area contributed by atoms with Gasteiger partial charge in [0.25, 0.3) is 0 Å². The normalized spacial score (nSPS) is 14.4. The maximum Gasteiger partial charge on any atom is 0.339 e. The van der Waals surface area contributed by atoms with Crippen molar-refractivity contribution in [3.8, 4) is 11.1 Å². The van der Waals surface area contributed by atoms with E-state index in [0.29, 0.717) is 40.3 Å². The molecule has 7 heteroatoms. The molecule has 0 spiro atoms. The van der Waals surface area contributed by atoms with E-state index in [1.165, 1.54) is 7.11 Å². The SMILES string of the molecule is COC(=O)[C@@H](OC(C)(C)C)c1c(C)c2c3c(c(F)c(C)n3CCN2)c1-c1ccc(Cl)cc1. The third-order valence-electron chi connectivity index (χ3n) is 5.90. The first kappa shape index (κ1) is 22.6. The number of hydrogen-bond donors (Lipinski definition) is 1. The molecule has 1 aromatic heterocycles. The first-order chi connectivity index (χ1) is 15.0. The third-order valence-corrected chi connectivity index (χ3v) is 6.15. The molecule has 1 N–H and O–H groups in total. The van der Waals surface area contributed by atoms with E-state index in [2.05, 4.69) is 5.32 Å². The Morgan fingerprint density at radius 1 is 1.22 bits per heavy atom. The van der Waals surface area contributed by atoms with Crippen LogP contribution in [0.1, 0.15) is 43.7 Å². The fourth-order valence-electron chi connectivity index (χ4n) is 4.55. The van der Waals surface area contributed by atoms with E-state index < -0.39 is 17.7 Å². The van der Waals surface area contributed by atoms with Crippen molar-refractivity contribution in [1.82, 2.24) is 4.57 Å². The lowest BCUT2D eigenvalue weighted by Gasteiger charge is -2.31. The molecule has 0 unspecified atom stereocenters. The lowest BCUT2D eigenvalue weighted by molar-refractivity contribution is -0.164. The zero-order chi connectivity index (χ0) is 23.4. The summed E-state index contributed by atoms with van der Waals surface area (Å²) in [5.41, 5.74) is 4.37. The van der Waals surface area contributed by atoms with Crippen molar-refractivity contribution >= 4 is 34.2 Å². The zero-order valence-corrected chi connectivity index (χ0v) is 20.0. The van der Waals surface area contributed by atoms with Crippen molar-refractivity contribution in [2.45, 2.75) is 52.9 Å². The quantitative estimate of drug-likeness (QED) is 0.475. The van der Waals surface area contributed by atoms with Crippen molar-refractivity contribution in [1.29, 1.82) is 0 Å². The molecule has 0 bridgehead atoms. The second-order valence-corrected chi connectivity index (χ2v) is 9.57. The Bertz CT molecular complexity index is 1210. The summed E-state index contributed by atoms with van der Waals surface area (Å²) in [5.74, 6) is -0.826. The standard InChI is InChI=1S/C25H28ClFN2O3/c1-13-17(23(24(30)31-6)32-25(3,4)5)18(15-7-9-16(26)10-8-15)19-20(27)14(2)29-12-11-28-21(13)22(19)29/h7-10,23,28H,11-12H2,1-6H3/t23-/m0/s1. The van der Waals surface area contributed by atoms with E-state index in [1.54, 1.807) is 19.1 Å². The number of ether oxygens (including phenoxy) is 2. The molecule has 170 valence electrons. The van der Waals surface area contributed by atoms with Crippen LogP contribution in [0.4, 0.5) is 10.1 Å². The van der Waals surface area contributed by atoms with Gasteiger partial charge in [0, 0.05) is 34.6 Å². The van der Waals surface area contributed by atoms with E-state index in [9.17, 15) is 4.79 Å². The fraction of sp³-hybridized carbons (Fsp3) is 0.400. The highest BCUT2D eigenvalue weighted by Crippen LogP contribution is 2.47. The Labute approximate surface area is 192 Å². The van der Waals surface area contributed by atoms with Gasteiger partial charge in [-0.1, -0.05) is 23.7 Å². The van der Waals surface area contributed by atoms with E-state index >= 15 is 4.39 Å². The highest BCUT2D eigenvalue weighted by Gasteiger charge is 2.36. The molecule has 4 rings (SSSR count). The first-order valence-electron chi connectivity index (χ1n) is 10.6. The van der Waals surface area contributed by atoms with Crippen LogP contribution < -0.4 is 5.32 Å². The number of halogens is 2. The largest absolute Gasteiger partial charge is 0.467 e. The summed E-state index contributed by atoms with van der Waals surface area (Å²) in [6.45, 7) is 10.7. The fourth-order valence-corrected chi connectivity index (χ4v) is 4.67. The highest BCUT2D eigenvalue weighted by atomic mass is 35.5. The van der Waals surface area contributed by atoms with E-state index in [4.69, 9.17) is 21.1 Å². The molecular formula is C25H28ClFN2O3. The third kappa shape index (κ3) is 3.65. The molecule has 0 saturated carbocycles. The molecule has 32 heavy (non-hydrogen) atoms. The number of carbonyl (C=O) groups excluding carboxylic acids is 1. The average molecular weight is 459 g/mol. The number of esters is 1. The molecule has 0 radical (unpaired) electrons. The van der Waals surface area contributed by atoms with Crippen LogP contribution in [0.25, 0.3) is 22.0 Å². The number of nitrogens with zero attached hydrogens (tertiary/aromatic N) is 1. The van der Waals surface area contributed by atoms with Gasteiger partial charge in [-0.05, 0) is 57.9 Å². The molecule has 5 nitrogen and oxygen atoms in total. The first-order valence-corrected chi connectivity index (χ1v) is 11.0. The van der Waals surface area contributed by atoms with E-state index in [1.807, 2.05) is 44.4 Å². The van der Waals surface area contributed by atoms with Crippen molar-refractivity contribution in [2.75, 3.05) is 19.0 Å². The summed E-state index contributed by atoms with van der Waals surface area (Å²) < 4.78 is 29.2. The Hall–Kier alpha value is -2.57. The number of nitrogens with one attached hydrogen (secondary N) is 1. The topological polar surface area (TPSA) is 52.5 Å². The van der Waals surface area contributed by atoms with Gasteiger partial charge in [-0.2, -0.15) is 0 Å². The van der Waals surface area contributed by atoms with Gasteiger partial charge in [0.2, 0.25) is 0 Å². The van der Waals surface area contributed by atoms with Gasteiger partial charge in [-0.3, -0.25) is 0 Å². The minimum atomic E-state index is -1.03. The predicted molar refractivity (Wildman–Crippen MR) is 126 cm³/mol. The summed E-state index contributed by atoms with van der Waals surface area (Å²) in [4.78, 5) is 13.0. The van der Waals surface area contributed by atoms with Crippen LogP contribution in [0.2, 0.25) is 5.02 Å². The minimum absolute atomic E-state index is 0.296. The highest BCUT2D eigenvalue weighted by molar-refractivity contribution is 6.30.